The third kappa shape index (κ3) is 5.47. The maximum atomic E-state index is 14.3. The summed E-state index contributed by atoms with van der Waals surface area (Å²) in [6.45, 7) is -0.117. The number of hydrogen-bond donors (Lipinski definition) is 4. The van der Waals surface area contributed by atoms with Gasteiger partial charge in [0.15, 0.2) is 11.6 Å². The Bertz CT molecular complexity index is 911. The summed E-state index contributed by atoms with van der Waals surface area (Å²) in [5, 5.41) is 13.9. The van der Waals surface area contributed by atoms with Crippen LogP contribution in [-0.4, -0.2) is 37.8 Å². The van der Waals surface area contributed by atoms with Crippen molar-refractivity contribution in [1.82, 2.24) is 10.8 Å². The van der Waals surface area contributed by atoms with Crippen molar-refractivity contribution in [2.24, 2.45) is 0 Å². The van der Waals surface area contributed by atoms with Gasteiger partial charge in [0, 0.05) is 5.56 Å². The number of hydroxylamine groups is 1. The molecular weight excluding hydrogens is 375 g/mol. The first-order valence-electron chi connectivity index (χ1n) is 8.19. The van der Waals surface area contributed by atoms with Gasteiger partial charge in [0.2, 0.25) is 0 Å². The van der Waals surface area contributed by atoms with Gasteiger partial charge in [-0.2, -0.15) is 0 Å². The quantitative estimate of drug-likeness (QED) is 0.329. The van der Waals surface area contributed by atoms with E-state index in [1.54, 1.807) is 7.05 Å². The summed E-state index contributed by atoms with van der Waals surface area (Å²) >= 11 is 0. The lowest BCUT2D eigenvalue weighted by atomic mass is 10.1. The van der Waals surface area contributed by atoms with E-state index in [0.29, 0.717) is 12.1 Å². The van der Waals surface area contributed by atoms with Gasteiger partial charge in [-0.15, -0.1) is 0 Å². The molecule has 28 heavy (non-hydrogen) atoms. The molecule has 4 N–H and O–H groups in total. The molecule has 2 aromatic rings. The van der Waals surface area contributed by atoms with Crippen LogP contribution < -0.4 is 16.1 Å². The van der Waals surface area contributed by atoms with Crippen molar-refractivity contribution in [3.63, 3.8) is 0 Å². The molecule has 0 saturated heterocycles. The Labute approximate surface area is 159 Å². The third-order valence-corrected chi connectivity index (χ3v) is 3.42. The van der Waals surface area contributed by atoms with Gasteiger partial charge in [-0.25, -0.2) is 18.7 Å². The molecule has 0 radical (unpaired) electrons. The van der Waals surface area contributed by atoms with Gasteiger partial charge in [0.05, 0.1) is 36.7 Å². The van der Waals surface area contributed by atoms with Crippen molar-refractivity contribution in [3.05, 3.63) is 58.9 Å². The minimum Gasteiger partial charge on any atom is -0.394 e. The molecule has 0 heterocycles. The zero-order valence-corrected chi connectivity index (χ0v) is 14.9. The fraction of sp³-hybridized carbons (Fsp3) is 0.211. The van der Waals surface area contributed by atoms with Gasteiger partial charge in [-0.1, -0.05) is 11.8 Å². The number of hydrogen-bond acceptors (Lipinski definition) is 5. The molecule has 0 bridgehead atoms. The van der Waals surface area contributed by atoms with E-state index in [0.717, 1.165) is 18.2 Å². The number of carbonyl (C=O) groups is 1. The van der Waals surface area contributed by atoms with Crippen molar-refractivity contribution < 1.29 is 27.9 Å². The Morgan fingerprint density at radius 3 is 2.64 bits per heavy atom. The van der Waals surface area contributed by atoms with Crippen LogP contribution in [0.4, 0.5) is 24.5 Å². The summed E-state index contributed by atoms with van der Waals surface area (Å²) in [5.41, 5.74) is 1.34. The first-order chi connectivity index (χ1) is 13.5. The molecule has 0 aliphatic carbocycles. The van der Waals surface area contributed by atoms with Gasteiger partial charge in [0.25, 0.3) is 5.91 Å². The number of amides is 1. The van der Waals surface area contributed by atoms with E-state index in [1.807, 2.05) is 5.48 Å². The van der Waals surface area contributed by atoms with Crippen molar-refractivity contribution in [2.45, 2.75) is 0 Å². The number of halogens is 3. The van der Waals surface area contributed by atoms with Gasteiger partial charge < -0.3 is 15.7 Å². The van der Waals surface area contributed by atoms with Crippen LogP contribution >= 0.6 is 0 Å². The Balaban J connectivity index is 2.31. The van der Waals surface area contributed by atoms with Gasteiger partial charge in [-0.05, 0) is 37.4 Å². The third-order valence-electron chi connectivity index (χ3n) is 3.42. The average molecular weight is 393 g/mol. The van der Waals surface area contributed by atoms with Crippen LogP contribution in [0.5, 0.6) is 0 Å². The van der Waals surface area contributed by atoms with Crippen molar-refractivity contribution in [2.75, 3.05) is 32.1 Å². The smallest absolute Gasteiger partial charge is 0.277 e. The first-order valence-corrected chi connectivity index (χ1v) is 8.19. The van der Waals surface area contributed by atoms with Crippen molar-refractivity contribution in [3.8, 4) is 11.8 Å². The topological polar surface area (TPSA) is 82.6 Å². The molecule has 148 valence electrons. The van der Waals surface area contributed by atoms with E-state index in [1.165, 1.54) is 12.1 Å². The van der Waals surface area contributed by atoms with E-state index < -0.39 is 29.0 Å². The zero-order valence-electron chi connectivity index (χ0n) is 14.9. The molecule has 2 aromatic carbocycles. The molecular formula is C19H18F3N3O3. The number of rotatable bonds is 7. The van der Waals surface area contributed by atoms with E-state index >= 15 is 0 Å². The summed E-state index contributed by atoms with van der Waals surface area (Å²) in [7, 11) is 1.72. The molecule has 0 aromatic heterocycles. The van der Waals surface area contributed by atoms with Gasteiger partial charge >= 0.3 is 0 Å². The predicted molar refractivity (Wildman–Crippen MR) is 97.3 cm³/mol. The summed E-state index contributed by atoms with van der Waals surface area (Å²) in [5.74, 6) is 1.28. The zero-order chi connectivity index (χ0) is 20.5. The van der Waals surface area contributed by atoms with Crippen molar-refractivity contribution >= 4 is 17.3 Å². The molecule has 0 unspecified atom stereocenters. The van der Waals surface area contributed by atoms with Crippen LogP contribution in [0.1, 0.15) is 15.9 Å². The van der Waals surface area contributed by atoms with E-state index in [4.69, 9.17) is 5.11 Å². The molecule has 0 aliphatic rings. The predicted octanol–water partition coefficient (Wildman–Crippen LogP) is 2.07. The molecule has 0 fully saturated rings. The lowest BCUT2D eigenvalue weighted by Crippen LogP contribution is -2.26. The Morgan fingerprint density at radius 1 is 1.18 bits per heavy atom. The minimum atomic E-state index is -1.35. The lowest BCUT2D eigenvalue weighted by molar-refractivity contribution is 0.0168. The molecule has 9 heteroatoms. The van der Waals surface area contributed by atoms with Gasteiger partial charge in [-0.3, -0.25) is 9.63 Å². The Hall–Kier alpha value is -3.06. The molecule has 1 amide bonds. The van der Waals surface area contributed by atoms with Crippen LogP contribution in [0.15, 0.2) is 30.3 Å². The minimum absolute atomic E-state index is 0.172. The van der Waals surface area contributed by atoms with Crippen LogP contribution in [0.3, 0.4) is 0 Å². The fourth-order valence-corrected chi connectivity index (χ4v) is 2.14. The standard InChI is InChI=1S/C19H18F3N3O3/c1-23-8-2-3-12-4-7-16(15(21)11-12)24-18-13(5-6-14(20)17(18)22)19(27)25-28-10-9-26/h4-7,11,23-24,26H,8-10H2,1H3,(H,25,27). The molecule has 0 aliphatic heterocycles. The molecule has 0 atom stereocenters. The number of carbonyl (C=O) groups excluding carboxylic acids is 1. The Kier molecular flexibility index (Phi) is 7.83. The number of aliphatic hydroxyl groups excluding tert-OH is 1. The van der Waals surface area contributed by atoms with Gasteiger partial charge in [0.1, 0.15) is 5.82 Å². The number of benzene rings is 2. The van der Waals surface area contributed by atoms with E-state index in [-0.39, 0.29) is 24.5 Å². The number of aliphatic hydroxyl groups is 1. The molecule has 0 spiro atoms. The van der Waals surface area contributed by atoms with E-state index in [9.17, 15) is 18.0 Å². The number of nitrogens with one attached hydrogen (secondary N) is 3. The summed E-state index contributed by atoms with van der Waals surface area (Å²) in [4.78, 5) is 16.8. The highest BCUT2D eigenvalue weighted by Gasteiger charge is 2.20. The SMILES string of the molecule is CNCC#Cc1ccc(Nc2c(C(=O)NOCCO)ccc(F)c2F)c(F)c1. The molecule has 6 nitrogen and oxygen atoms in total. The highest BCUT2D eigenvalue weighted by molar-refractivity contribution is 6.00. The summed E-state index contributed by atoms with van der Waals surface area (Å²) < 4.78 is 42.2. The molecule has 2 rings (SSSR count). The lowest BCUT2D eigenvalue weighted by Gasteiger charge is -2.14. The van der Waals surface area contributed by atoms with Crippen molar-refractivity contribution in [1.29, 1.82) is 0 Å². The normalized spacial score (nSPS) is 10.2. The second kappa shape index (κ2) is 10.3. The van der Waals surface area contributed by atoms with Crippen LogP contribution in [-0.2, 0) is 4.84 Å². The second-order valence-corrected chi connectivity index (χ2v) is 5.44. The summed E-state index contributed by atoms with van der Waals surface area (Å²) in [6, 6.07) is 5.71. The number of anilines is 2. The first kappa shape index (κ1) is 21.2. The second-order valence-electron chi connectivity index (χ2n) is 5.44. The average Bonchev–Trinajstić information content (AvgIpc) is 2.67. The van der Waals surface area contributed by atoms with Crippen LogP contribution in [0.25, 0.3) is 0 Å². The maximum Gasteiger partial charge on any atom is 0.277 e. The summed E-state index contributed by atoms with van der Waals surface area (Å²) in [6.07, 6.45) is 0. The highest BCUT2D eigenvalue weighted by Crippen LogP contribution is 2.28. The van der Waals surface area contributed by atoms with E-state index in [2.05, 4.69) is 27.3 Å². The van der Waals surface area contributed by atoms with Crippen LogP contribution in [0.2, 0.25) is 0 Å². The largest absolute Gasteiger partial charge is 0.394 e. The maximum absolute atomic E-state index is 14.3. The highest BCUT2D eigenvalue weighted by atomic mass is 19.2. The Morgan fingerprint density at radius 2 is 1.96 bits per heavy atom. The fourth-order valence-electron chi connectivity index (χ4n) is 2.14. The van der Waals surface area contributed by atoms with Crippen LogP contribution in [0, 0.1) is 29.3 Å². The molecule has 0 saturated carbocycles. The monoisotopic (exact) mass is 393 g/mol.